The standard InChI is InChI=1S/C22H20F4N4O4/c1-2-34-18-8-12(10-28-20(18)32)11-3-6-17(16(23)7-11)30-21(33)29-13-4-5-14(19(27)31)15(9-13)22(24,25)26/h3-10,20,28,32H,2H2,1H3,(H2,27,31)(H2,29,30,33). The van der Waals surface area contributed by atoms with E-state index < -0.39 is 41.3 Å². The van der Waals surface area contributed by atoms with Crippen molar-refractivity contribution < 1.29 is 37.0 Å². The van der Waals surface area contributed by atoms with E-state index in [9.17, 15) is 32.3 Å². The molecule has 8 nitrogen and oxygen atoms in total. The number of amides is 3. The predicted molar refractivity (Wildman–Crippen MR) is 116 cm³/mol. The zero-order chi connectivity index (χ0) is 25.0. The molecule has 0 aromatic heterocycles. The number of rotatable bonds is 6. The molecule has 2 aromatic carbocycles. The van der Waals surface area contributed by atoms with Gasteiger partial charge >= 0.3 is 12.2 Å². The molecule has 2 aromatic rings. The van der Waals surface area contributed by atoms with Gasteiger partial charge < -0.3 is 31.5 Å². The number of allylic oxidation sites excluding steroid dienone is 2. The summed E-state index contributed by atoms with van der Waals surface area (Å²) in [7, 11) is 0. The number of aliphatic hydroxyl groups excluding tert-OH is 1. The number of carbonyl (C=O) groups excluding carboxylic acids is 2. The van der Waals surface area contributed by atoms with Crippen molar-refractivity contribution in [3.63, 3.8) is 0 Å². The molecule has 0 fully saturated rings. The lowest BCUT2D eigenvalue weighted by Crippen LogP contribution is -2.30. The van der Waals surface area contributed by atoms with E-state index in [-0.39, 0.29) is 17.1 Å². The van der Waals surface area contributed by atoms with Gasteiger partial charge in [-0.3, -0.25) is 4.79 Å². The zero-order valence-corrected chi connectivity index (χ0v) is 17.7. The van der Waals surface area contributed by atoms with Gasteiger partial charge in [0.05, 0.1) is 23.4 Å². The number of nitrogens with two attached hydrogens (primary N) is 1. The summed E-state index contributed by atoms with van der Waals surface area (Å²) in [5, 5.41) is 16.9. The summed E-state index contributed by atoms with van der Waals surface area (Å²) in [4.78, 5) is 23.5. The number of dihydropyridines is 1. The van der Waals surface area contributed by atoms with Crippen LogP contribution >= 0.6 is 0 Å². The summed E-state index contributed by atoms with van der Waals surface area (Å²) in [6.45, 7) is 2.06. The molecule has 0 spiro atoms. The van der Waals surface area contributed by atoms with Crippen LogP contribution in [0.15, 0.2) is 54.4 Å². The number of nitrogens with one attached hydrogen (secondary N) is 3. The Labute approximate surface area is 191 Å². The van der Waals surface area contributed by atoms with Crippen molar-refractivity contribution in [2.75, 3.05) is 17.2 Å². The molecule has 0 radical (unpaired) electrons. The van der Waals surface area contributed by atoms with Gasteiger partial charge in [0.1, 0.15) is 11.6 Å². The van der Waals surface area contributed by atoms with E-state index in [1.165, 1.54) is 24.4 Å². The van der Waals surface area contributed by atoms with Crippen molar-refractivity contribution in [3.8, 4) is 0 Å². The van der Waals surface area contributed by atoms with Crippen LogP contribution in [-0.2, 0) is 10.9 Å². The Bertz CT molecular complexity index is 1180. The number of hydrogen-bond donors (Lipinski definition) is 5. The summed E-state index contributed by atoms with van der Waals surface area (Å²) in [5.41, 5.74) is 3.32. The molecule has 34 heavy (non-hydrogen) atoms. The van der Waals surface area contributed by atoms with Crippen molar-refractivity contribution in [3.05, 3.63) is 76.9 Å². The summed E-state index contributed by atoms with van der Waals surface area (Å²) < 4.78 is 59.5. The molecule has 1 heterocycles. The second-order valence-electron chi connectivity index (χ2n) is 7.04. The van der Waals surface area contributed by atoms with Gasteiger partial charge in [-0.25, -0.2) is 9.18 Å². The first kappa shape index (κ1) is 24.6. The average molecular weight is 480 g/mol. The molecule has 3 rings (SSSR count). The largest absolute Gasteiger partial charge is 0.493 e. The lowest BCUT2D eigenvalue weighted by Gasteiger charge is -2.21. The second-order valence-corrected chi connectivity index (χ2v) is 7.04. The molecule has 1 aliphatic rings. The second kappa shape index (κ2) is 9.83. The van der Waals surface area contributed by atoms with Crippen molar-refractivity contribution in [1.82, 2.24) is 5.32 Å². The lowest BCUT2D eigenvalue weighted by atomic mass is 10.0. The Kier molecular flexibility index (Phi) is 7.11. The Morgan fingerprint density at radius 2 is 1.91 bits per heavy atom. The van der Waals surface area contributed by atoms with Crippen LogP contribution in [0.4, 0.5) is 33.7 Å². The Morgan fingerprint density at radius 1 is 1.18 bits per heavy atom. The third kappa shape index (κ3) is 5.64. The first-order chi connectivity index (χ1) is 16.0. The highest BCUT2D eigenvalue weighted by Crippen LogP contribution is 2.34. The van der Waals surface area contributed by atoms with Gasteiger partial charge in [-0.05, 0) is 48.9 Å². The molecule has 0 aliphatic carbocycles. The molecule has 6 N–H and O–H groups in total. The molecule has 0 saturated heterocycles. The van der Waals surface area contributed by atoms with E-state index >= 15 is 0 Å². The molecule has 3 amide bonds. The fraction of sp³-hybridized carbons (Fsp3) is 0.182. The van der Waals surface area contributed by atoms with Crippen LogP contribution in [0.3, 0.4) is 0 Å². The number of halogens is 4. The quantitative estimate of drug-likeness (QED) is 0.403. The molecule has 180 valence electrons. The number of anilines is 2. The van der Waals surface area contributed by atoms with E-state index in [1.54, 1.807) is 6.92 Å². The molecule has 1 unspecified atom stereocenters. The van der Waals surface area contributed by atoms with E-state index in [0.29, 0.717) is 23.8 Å². The topological polar surface area (TPSA) is 126 Å². The fourth-order valence-corrected chi connectivity index (χ4v) is 3.13. The Morgan fingerprint density at radius 3 is 2.53 bits per heavy atom. The number of primary amides is 1. The number of carbonyl (C=O) groups is 2. The molecule has 1 aliphatic heterocycles. The van der Waals surface area contributed by atoms with Gasteiger partial charge in [0.2, 0.25) is 5.91 Å². The van der Waals surface area contributed by atoms with Crippen molar-refractivity contribution in [1.29, 1.82) is 0 Å². The van der Waals surface area contributed by atoms with Gasteiger partial charge in [-0.2, -0.15) is 13.2 Å². The van der Waals surface area contributed by atoms with Gasteiger partial charge in [0, 0.05) is 17.5 Å². The van der Waals surface area contributed by atoms with Crippen LogP contribution in [0.1, 0.15) is 28.4 Å². The molecule has 1 atom stereocenters. The SMILES string of the molecule is CCOC1=CC(c2ccc(NC(=O)Nc3ccc(C(N)=O)c(C(F)(F)F)c3)c(F)c2)=CNC1O. The predicted octanol–water partition coefficient (Wildman–Crippen LogP) is 3.77. The number of aliphatic hydroxyl groups is 1. The van der Waals surface area contributed by atoms with E-state index in [2.05, 4.69) is 16.0 Å². The minimum atomic E-state index is -4.88. The van der Waals surface area contributed by atoms with Gasteiger partial charge in [-0.1, -0.05) is 6.07 Å². The number of hydrogen-bond acceptors (Lipinski definition) is 5. The first-order valence-corrected chi connectivity index (χ1v) is 9.87. The van der Waals surface area contributed by atoms with Crippen LogP contribution in [0.5, 0.6) is 0 Å². The average Bonchev–Trinajstić information content (AvgIpc) is 2.76. The van der Waals surface area contributed by atoms with Crippen LogP contribution in [0.25, 0.3) is 5.57 Å². The Hall–Kier alpha value is -4.06. The Balaban J connectivity index is 1.75. The van der Waals surface area contributed by atoms with Crippen LogP contribution in [0, 0.1) is 5.82 Å². The van der Waals surface area contributed by atoms with Crippen molar-refractivity contribution in [2.45, 2.75) is 19.3 Å². The van der Waals surface area contributed by atoms with E-state index in [1.807, 2.05) is 0 Å². The highest BCUT2D eigenvalue weighted by molar-refractivity contribution is 6.01. The molecule has 12 heteroatoms. The maximum atomic E-state index is 14.6. The summed E-state index contributed by atoms with van der Waals surface area (Å²) in [6, 6.07) is 5.33. The van der Waals surface area contributed by atoms with E-state index in [4.69, 9.17) is 10.5 Å². The minimum absolute atomic E-state index is 0.232. The van der Waals surface area contributed by atoms with Crippen LogP contribution < -0.4 is 21.7 Å². The van der Waals surface area contributed by atoms with Gasteiger partial charge in [0.15, 0.2) is 6.23 Å². The number of alkyl halides is 3. The fourth-order valence-electron chi connectivity index (χ4n) is 3.13. The highest BCUT2D eigenvalue weighted by atomic mass is 19.4. The lowest BCUT2D eigenvalue weighted by molar-refractivity contribution is -0.137. The molecular formula is C22H20F4N4O4. The zero-order valence-electron chi connectivity index (χ0n) is 17.7. The number of urea groups is 1. The van der Waals surface area contributed by atoms with Crippen molar-refractivity contribution >= 4 is 28.9 Å². The van der Waals surface area contributed by atoms with Crippen molar-refractivity contribution in [2.24, 2.45) is 5.73 Å². The third-order valence-corrected chi connectivity index (χ3v) is 4.67. The molecule has 0 bridgehead atoms. The minimum Gasteiger partial charge on any atom is -0.493 e. The summed E-state index contributed by atoms with van der Waals surface area (Å²) in [6.07, 6.45) is -2.91. The maximum Gasteiger partial charge on any atom is 0.417 e. The smallest absolute Gasteiger partial charge is 0.417 e. The molecule has 0 saturated carbocycles. The maximum absolute atomic E-state index is 14.6. The first-order valence-electron chi connectivity index (χ1n) is 9.87. The normalized spacial score (nSPS) is 15.5. The molecular weight excluding hydrogens is 460 g/mol. The monoisotopic (exact) mass is 480 g/mol. The highest BCUT2D eigenvalue weighted by Gasteiger charge is 2.35. The summed E-state index contributed by atoms with van der Waals surface area (Å²) in [5.74, 6) is -1.83. The van der Waals surface area contributed by atoms with Gasteiger partial charge in [-0.15, -0.1) is 0 Å². The van der Waals surface area contributed by atoms with Gasteiger partial charge in [0.25, 0.3) is 0 Å². The summed E-state index contributed by atoms with van der Waals surface area (Å²) >= 11 is 0. The number of benzene rings is 2. The third-order valence-electron chi connectivity index (χ3n) is 4.67. The van der Waals surface area contributed by atoms with E-state index in [0.717, 1.165) is 18.2 Å². The number of ether oxygens (including phenoxy) is 1. The van der Waals surface area contributed by atoms with Crippen LogP contribution in [-0.4, -0.2) is 29.9 Å². The van der Waals surface area contributed by atoms with Crippen LogP contribution in [0.2, 0.25) is 0 Å².